The van der Waals surface area contributed by atoms with Crippen molar-refractivity contribution in [2.24, 2.45) is 0 Å². The van der Waals surface area contributed by atoms with Crippen molar-refractivity contribution in [3.63, 3.8) is 0 Å². The molecule has 4 heteroatoms. The number of rotatable bonds is 7. The van der Waals surface area contributed by atoms with Gasteiger partial charge in [-0.05, 0) is 58.5 Å². The molecule has 0 bridgehead atoms. The van der Waals surface area contributed by atoms with Crippen LogP contribution in [-0.4, -0.2) is 35.2 Å². The van der Waals surface area contributed by atoms with Crippen molar-refractivity contribution in [3.8, 4) is 0 Å². The Hall–Kier alpha value is -0.450. The Morgan fingerprint density at radius 1 is 1.37 bits per heavy atom. The van der Waals surface area contributed by atoms with Gasteiger partial charge >= 0.3 is 0 Å². The Bertz CT molecular complexity index is 391. The minimum Gasteiger partial charge on any atom is -0.396 e. The Kier molecular flexibility index (Phi) is 5.79. The van der Waals surface area contributed by atoms with Crippen LogP contribution in [-0.2, 0) is 12.8 Å². The third kappa shape index (κ3) is 3.77. The van der Waals surface area contributed by atoms with Crippen LogP contribution in [0.25, 0.3) is 0 Å². The molecular formula is C15H26N2OS. The highest BCUT2D eigenvalue weighted by molar-refractivity contribution is 7.11. The second kappa shape index (κ2) is 7.36. The Morgan fingerprint density at radius 3 is 2.95 bits per heavy atom. The molecule has 0 aromatic carbocycles. The van der Waals surface area contributed by atoms with E-state index >= 15 is 0 Å². The summed E-state index contributed by atoms with van der Waals surface area (Å²) >= 11 is 1.92. The van der Waals surface area contributed by atoms with E-state index in [2.05, 4.69) is 18.9 Å². The number of aryl methyl sites for hydroxylation is 2. The van der Waals surface area contributed by atoms with Gasteiger partial charge in [-0.15, -0.1) is 11.3 Å². The van der Waals surface area contributed by atoms with Crippen molar-refractivity contribution in [1.29, 1.82) is 0 Å². The minimum absolute atomic E-state index is 0.325. The summed E-state index contributed by atoms with van der Waals surface area (Å²) in [6, 6.07) is 0.579. The van der Waals surface area contributed by atoms with Crippen LogP contribution in [0.4, 0.5) is 0 Å². The molecule has 2 rings (SSSR count). The topological polar surface area (TPSA) is 36.4 Å². The smallest absolute Gasteiger partial charge is 0.0928 e. The lowest BCUT2D eigenvalue weighted by atomic mass is 9.97. The Balaban J connectivity index is 1.95. The summed E-state index contributed by atoms with van der Waals surface area (Å²) in [7, 11) is 2.24. The minimum atomic E-state index is 0.325. The van der Waals surface area contributed by atoms with Gasteiger partial charge in [0.2, 0.25) is 0 Å². The lowest BCUT2D eigenvalue weighted by molar-refractivity contribution is 0.215. The van der Waals surface area contributed by atoms with Crippen molar-refractivity contribution < 1.29 is 5.11 Å². The second-order valence-corrected chi connectivity index (χ2v) is 6.56. The van der Waals surface area contributed by atoms with Crippen molar-refractivity contribution in [2.45, 2.75) is 57.9 Å². The summed E-state index contributed by atoms with van der Waals surface area (Å²) in [5.74, 6) is 0. The van der Waals surface area contributed by atoms with E-state index in [1.807, 2.05) is 11.3 Å². The lowest BCUT2D eigenvalue weighted by Crippen LogP contribution is -2.28. The fraction of sp³-hybridized carbons (Fsp3) is 0.800. The SMILES string of the molecule is CCc1nc2c(s1)C(N(C)CCCCCO)CCC2. The standard InChI is InChI=1S/C15H26N2OS/c1-3-14-16-12-8-7-9-13(15(12)19-14)17(2)10-5-4-6-11-18/h13,18H,3-11H2,1-2H3. The van der Waals surface area contributed by atoms with Gasteiger partial charge < -0.3 is 5.11 Å². The first-order valence-electron chi connectivity index (χ1n) is 7.55. The zero-order chi connectivity index (χ0) is 13.7. The number of fused-ring (bicyclic) bond motifs is 1. The maximum atomic E-state index is 8.82. The van der Waals surface area contributed by atoms with Crippen molar-refractivity contribution in [3.05, 3.63) is 15.6 Å². The number of hydrogen-bond acceptors (Lipinski definition) is 4. The van der Waals surface area contributed by atoms with Crippen LogP contribution in [0, 0.1) is 0 Å². The van der Waals surface area contributed by atoms with Crippen LogP contribution < -0.4 is 0 Å². The third-order valence-electron chi connectivity index (χ3n) is 3.97. The molecule has 108 valence electrons. The maximum Gasteiger partial charge on any atom is 0.0928 e. The van der Waals surface area contributed by atoms with E-state index in [1.54, 1.807) is 0 Å². The van der Waals surface area contributed by atoms with Crippen LogP contribution in [0.3, 0.4) is 0 Å². The predicted octanol–water partition coefficient (Wildman–Crippen LogP) is 3.18. The number of aromatic nitrogens is 1. The second-order valence-electron chi connectivity index (χ2n) is 5.45. The molecule has 1 aromatic rings. The molecule has 1 N–H and O–H groups in total. The largest absolute Gasteiger partial charge is 0.396 e. The van der Waals surface area contributed by atoms with Gasteiger partial charge in [-0.1, -0.05) is 6.92 Å². The fourth-order valence-corrected chi connectivity index (χ4v) is 4.08. The van der Waals surface area contributed by atoms with Crippen LogP contribution in [0.1, 0.15) is 60.6 Å². The quantitative estimate of drug-likeness (QED) is 0.780. The maximum absolute atomic E-state index is 8.82. The average molecular weight is 282 g/mol. The zero-order valence-electron chi connectivity index (χ0n) is 12.2. The molecule has 19 heavy (non-hydrogen) atoms. The third-order valence-corrected chi connectivity index (χ3v) is 5.31. The fourth-order valence-electron chi connectivity index (χ4n) is 2.83. The van der Waals surface area contributed by atoms with Crippen LogP contribution in [0.5, 0.6) is 0 Å². The molecule has 0 radical (unpaired) electrons. The molecule has 1 aliphatic carbocycles. The predicted molar refractivity (Wildman–Crippen MR) is 80.7 cm³/mol. The van der Waals surface area contributed by atoms with Gasteiger partial charge in [0.05, 0.1) is 10.7 Å². The number of unbranched alkanes of at least 4 members (excludes halogenated alkanes) is 2. The number of thiazole rings is 1. The summed E-state index contributed by atoms with van der Waals surface area (Å²) < 4.78 is 0. The van der Waals surface area contributed by atoms with Gasteiger partial charge in [-0.3, -0.25) is 4.90 Å². The normalized spacial score (nSPS) is 18.8. The van der Waals surface area contributed by atoms with Crippen molar-refractivity contribution in [1.82, 2.24) is 9.88 Å². The van der Waals surface area contributed by atoms with Gasteiger partial charge in [0.1, 0.15) is 0 Å². The molecule has 0 amide bonds. The average Bonchev–Trinajstić information content (AvgIpc) is 2.86. The molecule has 1 aromatic heterocycles. The Morgan fingerprint density at radius 2 is 2.21 bits per heavy atom. The van der Waals surface area contributed by atoms with Gasteiger partial charge in [-0.25, -0.2) is 4.98 Å². The highest BCUT2D eigenvalue weighted by Crippen LogP contribution is 2.37. The highest BCUT2D eigenvalue weighted by atomic mass is 32.1. The number of aliphatic hydroxyl groups is 1. The van der Waals surface area contributed by atoms with E-state index in [4.69, 9.17) is 10.1 Å². The molecular weight excluding hydrogens is 256 g/mol. The van der Waals surface area contributed by atoms with E-state index in [-0.39, 0.29) is 0 Å². The Labute approximate surface area is 120 Å². The van der Waals surface area contributed by atoms with Gasteiger partial charge in [0.25, 0.3) is 0 Å². The molecule has 1 atom stereocenters. The molecule has 1 heterocycles. The lowest BCUT2D eigenvalue weighted by Gasteiger charge is -2.30. The van der Waals surface area contributed by atoms with Crippen LogP contribution in [0.15, 0.2) is 0 Å². The number of aliphatic hydroxyl groups excluding tert-OH is 1. The van der Waals surface area contributed by atoms with Gasteiger partial charge in [0, 0.05) is 17.5 Å². The van der Waals surface area contributed by atoms with Crippen molar-refractivity contribution in [2.75, 3.05) is 20.2 Å². The zero-order valence-corrected chi connectivity index (χ0v) is 13.0. The summed E-state index contributed by atoms with van der Waals surface area (Å²) in [6.07, 6.45) is 8.02. The first-order chi connectivity index (χ1) is 9.26. The monoisotopic (exact) mass is 282 g/mol. The summed E-state index contributed by atoms with van der Waals surface area (Å²) in [5.41, 5.74) is 1.36. The first kappa shape index (κ1) is 14.9. The molecule has 0 saturated carbocycles. The van der Waals surface area contributed by atoms with Gasteiger partial charge in [-0.2, -0.15) is 0 Å². The molecule has 3 nitrogen and oxygen atoms in total. The molecule has 0 saturated heterocycles. The molecule has 0 fully saturated rings. The molecule has 1 unspecified atom stereocenters. The first-order valence-corrected chi connectivity index (χ1v) is 8.37. The van der Waals surface area contributed by atoms with Crippen LogP contribution in [0.2, 0.25) is 0 Å². The summed E-state index contributed by atoms with van der Waals surface area (Å²) in [6.45, 7) is 3.65. The van der Waals surface area contributed by atoms with Crippen molar-refractivity contribution >= 4 is 11.3 Å². The molecule has 0 spiro atoms. The van der Waals surface area contributed by atoms with E-state index in [0.717, 1.165) is 25.8 Å². The van der Waals surface area contributed by atoms with Crippen LogP contribution >= 0.6 is 11.3 Å². The van der Waals surface area contributed by atoms with E-state index in [1.165, 1.54) is 41.3 Å². The highest BCUT2D eigenvalue weighted by Gasteiger charge is 2.26. The van der Waals surface area contributed by atoms with E-state index in [0.29, 0.717) is 12.6 Å². The number of hydrogen-bond donors (Lipinski definition) is 1. The molecule has 1 aliphatic rings. The van der Waals surface area contributed by atoms with Gasteiger partial charge in [0.15, 0.2) is 0 Å². The van der Waals surface area contributed by atoms with E-state index < -0.39 is 0 Å². The number of nitrogens with zero attached hydrogens (tertiary/aromatic N) is 2. The van der Waals surface area contributed by atoms with E-state index in [9.17, 15) is 0 Å². The summed E-state index contributed by atoms with van der Waals surface area (Å²) in [4.78, 5) is 8.78. The summed E-state index contributed by atoms with van der Waals surface area (Å²) in [5, 5.41) is 10.1. The molecule has 0 aliphatic heterocycles.